The van der Waals surface area contributed by atoms with Crippen molar-refractivity contribution in [2.45, 2.75) is 37.7 Å². The molecule has 1 heterocycles. The van der Waals surface area contributed by atoms with E-state index in [4.69, 9.17) is 4.74 Å². The van der Waals surface area contributed by atoms with Gasteiger partial charge in [-0.25, -0.2) is 9.97 Å². The number of aromatic nitrogens is 2. The van der Waals surface area contributed by atoms with E-state index in [1.807, 2.05) is 18.2 Å². The van der Waals surface area contributed by atoms with E-state index in [-0.39, 0.29) is 6.10 Å². The fraction of sp³-hybridized carbons (Fsp3) is 0.444. The quantitative estimate of drug-likeness (QED) is 0.769. The number of rotatable bonds is 7. The van der Waals surface area contributed by atoms with Gasteiger partial charge in [0.1, 0.15) is 17.9 Å². The lowest BCUT2D eigenvalue weighted by Gasteiger charge is -2.30. The SMILES string of the molecule is COc1ccc(CCCNc2cc(C3CC(O)C3)ncn2)cc1. The van der Waals surface area contributed by atoms with Crippen molar-refractivity contribution < 1.29 is 9.84 Å². The van der Waals surface area contributed by atoms with Gasteiger partial charge < -0.3 is 15.2 Å². The molecule has 1 fully saturated rings. The van der Waals surface area contributed by atoms with Gasteiger partial charge in [0, 0.05) is 24.2 Å². The van der Waals surface area contributed by atoms with Gasteiger partial charge in [0.05, 0.1) is 13.2 Å². The zero-order chi connectivity index (χ0) is 16.1. The molecular formula is C18H23N3O2. The van der Waals surface area contributed by atoms with E-state index in [9.17, 15) is 5.11 Å². The Balaban J connectivity index is 1.44. The zero-order valence-corrected chi connectivity index (χ0v) is 13.4. The van der Waals surface area contributed by atoms with E-state index in [2.05, 4.69) is 27.4 Å². The van der Waals surface area contributed by atoms with Gasteiger partial charge in [0.2, 0.25) is 0 Å². The summed E-state index contributed by atoms with van der Waals surface area (Å²) < 4.78 is 5.16. The molecule has 0 aliphatic heterocycles. The Morgan fingerprint density at radius 3 is 2.70 bits per heavy atom. The second-order valence-corrected chi connectivity index (χ2v) is 6.03. The monoisotopic (exact) mass is 313 g/mol. The van der Waals surface area contributed by atoms with Gasteiger partial charge in [-0.3, -0.25) is 0 Å². The fourth-order valence-electron chi connectivity index (χ4n) is 2.82. The molecule has 1 aromatic heterocycles. The Morgan fingerprint density at radius 1 is 1.22 bits per heavy atom. The number of ether oxygens (including phenoxy) is 1. The molecule has 3 rings (SSSR count). The highest BCUT2D eigenvalue weighted by molar-refractivity contribution is 5.36. The molecule has 0 saturated heterocycles. The minimum atomic E-state index is -0.157. The molecule has 0 amide bonds. The first-order chi connectivity index (χ1) is 11.2. The lowest BCUT2D eigenvalue weighted by molar-refractivity contribution is 0.0732. The summed E-state index contributed by atoms with van der Waals surface area (Å²) in [5.74, 6) is 2.14. The summed E-state index contributed by atoms with van der Waals surface area (Å²) in [5.41, 5.74) is 2.34. The van der Waals surface area contributed by atoms with E-state index >= 15 is 0 Å². The van der Waals surface area contributed by atoms with Crippen LogP contribution in [0.2, 0.25) is 0 Å². The number of aliphatic hydroxyl groups excluding tert-OH is 1. The van der Waals surface area contributed by atoms with Crippen LogP contribution >= 0.6 is 0 Å². The van der Waals surface area contributed by atoms with E-state index in [1.54, 1.807) is 13.4 Å². The van der Waals surface area contributed by atoms with Crippen LogP contribution in [-0.2, 0) is 6.42 Å². The summed E-state index contributed by atoms with van der Waals surface area (Å²) in [6, 6.07) is 10.2. The minimum absolute atomic E-state index is 0.157. The predicted molar refractivity (Wildman–Crippen MR) is 89.8 cm³/mol. The largest absolute Gasteiger partial charge is 0.497 e. The first-order valence-corrected chi connectivity index (χ1v) is 8.11. The summed E-state index contributed by atoms with van der Waals surface area (Å²) in [5, 5.41) is 12.8. The lowest BCUT2D eigenvalue weighted by atomic mass is 9.80. The molecular weight excluding hydrogens is 290 g/mol. The fourth-order valence-corrected chi connectivity index (χ4v) is 2.82. The number of nitrogens with one attached hydrogen (secondary N) is 1. The van der Waals surface area contributed by atoms with Crippen LogP contribution in [0.4, 0.5) is 5.82 Å². The normalized spacial score (nSPS) is 19.9. The Morgan fingerprint density at radius 2 is 2.00 bits per heavy atom. The van der Waals surface area contributed by atoms with E-state index in [0.29, 0.717) is 5.92 Å². The molecule has 2 aromatic rings. The van der Waals surface area contributed by atoms with Crippen LogP contribution in [0.15, 0.2) is 36.7 Å². The van der Waals surface area contributed by atoms with E-state index < -0.39 is 0 Å². The van der Waals surface area contributed by atoms with Crippen molar-refractivity contribution in [2.75, 3.05) is 19.0 Å². The third kappa shape index (κ3) is 4.20. The standard InChI is InChI=1S/C18H23N3O2/c1-23-16-6-4-13(5-7-16)3-2-8-19-18-11-17(20-12-21-18)14-9-15(22)10-14/h4-7,11-12,14-15,22H,2-3,8-10H2,1H3,(H,19,20,21). The number of hydrogen-bond acceptors (Lipinski definition) is 5. The number of benzene rings is 1. The summed E-state index contributed by atoms with van der Waals surface area (Å²) in [4.78, 5) is 8.58. The third-order valence-electron chi connectivity index (χ3n) is 4.33. The van der Waals surface area contributed by atoms with Crippen molar-refractivity contribution in [1.29, 1.82) is 0 Å². The molecule has 0 radical (unpaired) electrons. The maximum atomic E-state index is 9.40. The molecule has 23 heavy (non-hydrogen) atoms. The van der Waals surface area contributed by atoms with Gasteiger partial charge in [0.25, 0.3) is 0 Å². The van der Waals surface area contributed by atoms with Gasteiger partial charge in [0.15, 0.2) is 0 Å². The molecule has 1 aliphatic rings. The van der Waals surface area contributed by atoms with Crippen LogP contribution < -0.4 is 10.1 Å². The summed E-state index contributed by atoms with van der Waals surface area (Å²) in [6.45, 7) is 0.871. The van der Waals surface area contributed by atoms with Crippen LogP contribution in [0, 0.1) is 0 Å². The van der Waals surface area contributed by atoms with Crippen LogP contribution in [0.25, 0.3) is 0 Å². The predicted octanol–water partition coefficient (Wildman–Crippen LogP) is 2.77. The second kappa shape index (κ2) is 7.42. The molecule has 0 spiro atoms. The molecule has 5 nitrogen and oxygen atoms in total. The average molecular weight is 313 g/mol. The van der Waals surface area contributed by atoms with Crippen LogP contribution in [0.1, 0.15) is 36.4 Å². The van der Waals surface area contributed by atoms with Crippen molar-refractivity contribution >= 4 is 5.82 Å². The Hall–Kier alpha value is -2.14. The number of methoxy groups -OCH3 is 1. The number of nitrogens with zero attached hydrogens (tertiary/aromatic N) is 2. The number of aliphatic hydroxyl groups is 1. The van der Waals surface area contributed by atoms with Gasteiger partial charge in [-0.05, 0) is 43.4 Å². The molecule has 2 N–H and O–H groups in total. The summed E-state index contributed by atoms with van der Waals surface area (Å²) >= 11 is 0. The van der Waals surface area contributed by atoms with Crippen molar-refractivity contribution in [2.24, 2.45) is 0 Å². The van der Waals surface area contributed by atoms with Gasteiger partial charge in [-0.15, -0.1) is 0 Å². The van der Waals surface area contributed by atoms with Gasteiger partial charge in [-0.1, -0.05) is 12.1 Å². The molecule has 122 valence electrons. The first kappa shape index (κ1) is 15.7. The third-order valence-corrected chi connectivity index (χ3v) is 4.33. The van der Waals surface area contributed by atoms with Crippen molar-refractivity contribution in [1.82, 2.24) is 9.97 Å². The molecule has 1 aliphatic carbocycles. The van der Waals surface area contributed by atoms with E-state index in [1.165, 1.54) is 5.56 Å². The molecule has 1 saturated carbocycles. The van der Waals surface area contributed by atoms with Crippen LogP contribution in [0.5, 0.6) is 5.75 Å². The minimum Gasteiger partial charge on any atom is -0.497 e. The van der Waals surface area contributed by atoms with E-state index in [0.717, 1.165) is 49.5 Å². The lowest BCUT2D eigenvalue weighted by Crippen LogP contribution is -2.27. The molecule has 0 bridgehead atoms. The molecule has 1 aromatic carbocycles. The second-order valence-electron chi connectivity index (χ2n) is 6.03. The highest BCUT2D eigenvalue weighted by Crippen LogP contribution is 2.35. The summed E-state index contributed by atoms with van der Waals surface area (Å²) in [7, 11) is 1.68. The number of aryl methyl sites for hydroxylation is 1. The van der Waals surface area contributed by atoms with Crippen LogP contribution in [0.3, 0.4) is 0 Å². The highest BCUT2D eigenvalue weighted by atomic mass is 16.5. The Kier molecular flexibility index (Phi) is 5.08. The van der Waals surface area contributed by atoms with Crippen molar-refractivity contribution in [3.05, 3.63) is 47.9 Å². The van der Waals surface area contributed by atoms with Crippen molar-refractivity contribution in [3.8, 4) is 5.75 Å². The number of hydrogen-bond donors (Lipinski definition) is 2. The average Bonchev–Trinajstić information content (AvgIpc) is 2.57. The molecule has 0 atom stereocenters. The Bertz CT molecular complexity index is 624. The molecule has 0 unspecified atom stereocenters. The highest BCUT2D eigenvalue weighted by Gasteiger charge is 2.29. The van der Waals surface area contributed by atoms with Crippen LogP contribution in [-0.4, -0.2) is 34.8 Å². The van der Waals surface area contributed by atoms with Crippen molar-refractivity contribution in [3.63, 3.8) is 0 Å². The zero-order valence-electron chi connectivity index (χ0n) is 13.4. The molecule has 5 heteroatoms. The Labute approximate surface area is 136 Å². The maximum Gasteiger partial charge on any atom is 0.129 e. The number of anilines is 1. The smallest absolute Gasteiger partial charge is 0.129 e. The van der Waals surface area contributed by atoms with Gasteiger partial charge >= 0.3 is 0 Å². The summed E-state index contributed by atoms with van der Waals surface area (Å²) in [6.07, 6.45) is 5.13. The topological polar surface area (TPSA) is 67.3 Å². The first-order valence-electron chi connectivity index (χ1n) is 8.11. The van der Waals surface area contributed by atoms with Gasteiger partial charge in [-0.2, -0.15) is 0 Å². The maximum absolute atomic E-state index is 9.40.